The second kappa shape index (κ2) is 12.2. The lowest BCUT2D eigenvalue weighted by Gasteiger charge is -2.25. The molecule has 3 heterocycles. The van der Waals surface area contributed by atoms with Gasteiger partial charge in [-0.1, -0.05) is 18.2 Å². The number of ether oxygens (including phenoxy) is 2. The summed E-state index contributed by atoms with van der Waals surface area (Å²) in [6.45, 7) is 2.16. The summed E-state index contributed by atoms with van der Waals surface area (Å²) in [4.78, 5) is 24.2. The third kappa shape index (κ3) is 6.70. The molecule has 1 saturated heterocycles. The Hall–Kier alpha value is -3.50. The number of aromatic nitrogens is 4. The number of imidazole rings is 1. The number of aliphatic hydroxyl groups excluding tert-OH is 1. The van der Waals surface area contributed by atoms with Crippen LogP contribution in [0.3, 0.4) is 0 Å². The highest BCUT2D eigenvalue weighted by atomic mass is 31.2. The zero-order valence-corrected chi connectivity index (χ0v) is 23.0. The number of aliphatic hydroxyl groups is 1. The summed E-state index contributed by atoms with van der Waals surface area (Å²) >= 11 is 0. The van der Waals surface area contributed by atoms with Gasteiger partial charge in [0.1, 0.15) is 23.8 Å². The fraction of sp³-hybridized carbons (Fsp3) is 0.478. The number of rotatable bonds is 11. The van der Waals surface area contributed by atoms with Gasteiger partial charge in [0.15, 0.2) is 23.2 Å². The number of carbonyl (C=O) groups excluding carboxylic acids is 1. The van der Waals surface area contributed by atoms with Crippen molar-refractivity contribution in [2.75, 3.05) is 31.3 Å². The monoisotopic (exact) mass is 603 g/mol. The third-order valence-electron chi connectivity index (χ3n) is 6.07. The lowest BCUT2D eigenvalue weighted by atomic mass is 9.99. The van der Waals surface area contributed by atoms with Gasteiger partial charge in [-0.3, -0.25) is 13.9 Å². The molecular weight excluding hydrogens is 574 g/mol. The maximum Gasteiger partial charge on any atom is 0.459 e. The Kier molecular flexibility index (Phi) is 9.03. The van der Waals surface area contributed by atoms with Crippen molar-refractivity contribution in [1.82, 2.24) is 24.6 Å². The topological polar surface area (TPSA) is 185 Å². The molecule has 0 radical (unpaired) electrons. The maximum absolute atomic E-state index is 14.2. The van der Waals surface area contributed by atoms with Crippen molar-refractivity contribution in [2.45, 2.75) is 44.5 Å². The number of anilines is 2. The van der Waals surface area contributed by atoms with Gasteiger partial charge in [-0.25, -0.2) is 9.55 Å². The third-order valence-corrected chi connectivity index (χ3v) is 7.71. The summed E-state index contributed by atoms with van der Waals surface area (Å²) in [5.41, 5.74) is 5.77. The predicted molar refractivity (Wildman–Crippen MR) is 139 cm³/mol. The number of esters is 1. The average molecular weight is 603 g/mol. The molecule has 41 heavy (non-hydrogen) atoms. The number of hydrogen-bond donors (Lipinski definition) is 4. The molecule has 1 aliphatic rings. The number of nitrogens with one attached hydrogen (secondary N) is 2. The van der Waals surface area contributed by atoms with Gasteiger partial charge in [-0.05, 0) is 26.0 Å². The van der Waals surface area contributed by atoms with Gasteiger partial charge in [0, 0.05) is 7.05 Å². The molecule has 14 nitrogen and oxygen atoms in total. The van der Waals surface area contributed by atoms with E-state index in [1.807, 2.05) is 0 Å². The summed E-state index contributed by atoms with van der Waals surface area (Å²) in [6, 6.07) is 6.58. The summed E-state index contributed by atoms with van der Waals surface area (Å²) in [5, 5.41) is 15.9. The van der Waals surface area contributed by atoms with Crippen LogP contribution in [0.25, 0.3) is 11.2 Å². The van der Waals surface area contributed by atoms with Crippen LogP contribution < -0.4 is 20.7 Å². The number of halogens is 3. The van der Waals surface area contributed by atoms with E-state index in [2.05, 4.69) is 25.4 Å². The zero-order chi connectivity index (χ0) is 29.9. The van der Waals surface area contributed by atoms with Gasteiger partial charge >= 0.3 is 19.9 Å². The first-order valence-electron chi connectivity index (χ1n) is 12.4. The maximum atomic E-state index is 14.2. The van der Waals surface area contributed by atoms with E-state index in [-0.39, 0.29) is 35.3 Å². The van der Waals surface area contributed by atoms with Crippen LogP contribution in [0, 0.1) is 5.92 Å². The Morgan fingerprint density at radius 2 is 2.00 bits per heavy atom. The number of nitrogen functional groups attached to an aromatic ring is 1. The Morgan fingerprint density at radius 1 is 1.29 bits per heavy atom. The van der Waals surface area contributed by atoms with Crippen molar-refractivity contribution in [3.8, 4) is 5.75 Å². The number of carbonyl (C=O) groups is 1. The molecule has 6 atom stereocenters. The molecule has 0 amide bonds. The molecule has 18 heteroatoms. The lowest BCUT2D eigenvalue weighted by Crippen LogP contribution is -2.39. The van der Waals surface area contributed by atoms with E-state index in [0.29, 0.717) is 0 Å². The molecule has 3 aromatic rings. The fourth-order valence-electron chi connectivity index (χ4n) is 4.21. The molecule has 2 aromatic heterocycles. The first-order valence-corrected chi connectivity index (χ1v) is 13.9. The van der Waals surface area contributed by atoms with Crippen molar-refractivity contribution >= 4 is 36.6 Å². The molecule has 4 rings (SSSR count). The second-order valence-corrected chi connectivity index (χ2v) is 10.6. The number of fused-ring (bicyclic) bond motifs is 1. The Morgan fingerprint density at radius 3 is 2.63 bits per heavy atom. The number of hydrogen-bond acceptors (Lipinski definition) is 12. The molecule has 224 valence electrons. The Bertz CT molecular complexity index is 1410. The molecule has 0 aliphatic carbocycles. The molecular formula is C23H29F3N7O7P. The smallest absolute Gasteiger partial charge is 0.459 e. The highest BCUT2D eigenvalue weighted by Crippen LogP contribution is 2.49. The normalized spacial score (nSPS) is 23.2. The van der Waals surface area contributed by atoms with Gasteiger partial charge in [0.05, 0.1) is 25.6 Å². The molecule has 1 aliphatic heterocycles. The quantitative estimate of drug-likeness (QED) is 0.185. The van der Waals surface area contributed by atoms with Crippen LogP contribution >= 0.6 is 7.75 Å². The van der Waals surface area contributed by atoms with Crippen LogP contribution in [-0.2, 0) is 23.4 Å². The zero-order valence-electron chi connectivity index (χ0n) is 22.1. The van der Waals surface area contributed by atoms with E-state index in [9.17, 15) is 27.6 Å². The van der Waals surface area contributed by atoms with Crippen LogP contribution in [-0.4, -0.2) is 75.3 Å². The van der Waals surface area contributed by atoms with Crippen molar-refractivity contribution < 1.29 is 46.2 Å². The molecule has 0 spiro atoms. The average Bonchev–Trinajstić information content (AvgIpc) is 3.48. The van der Waals surface area contributed by atoms with E-state index in [1.54, 1.807) is 25.1 Å². The summed E-state index contributed by atoms with van der Waals surface area (Å²) in [5.74, 6) is -3.19. The molecule has 1 aromatic carbocycles. The first-order chi connectivity index (χ1) is 19.4. The molecule has 1 unspecified atom stereocenters. The standard InChI is InChI=1S/C23H29F3N7O7P/c1-4-37-21(35)12(2)32-41(36,40-13-8-6-5-7-9-13)38-10-14-17(34)15(23(24,25)26)20(39-14)33-11-29-16-18(28-3)30-22(27)31-19(16)33/h5-9,11-12,14-15,17,20,34H,4,10H2,1-3H3,(H,32,36)(H3,27,28,30,31)/t12-,14+,15-,17+,20+,41?/m0/s1. The van der Waals surface area contributed by atoms with Crippen LogP contribution in [0.1, 0.15) is 20.1 Å². The van der Waals surface area contributed by atoms with Crippen molar-refractivity contribution in [2.24, 2.45) is 5.92 Å². The minimum atomic E-state index is -4.94. The Labute approximate surface area is 231 Å². The number of alkyl halides is 3. The van der Waals surface area contributed by atoms with Crippen molar-refractivity contribution in [3.05, 3.63) is 36.7 Å². The minimum absolute atomic E-state index is 0.0488. The highest BCUT2D eigenvalue weighted by molar-refractivity contribution is 7.52. The highest BCUT2D eigenvalue weighted by Gasteiger charge is 2.58. The van der Waals surface area contributed by atoms with Crippen LogP contribution in [0.2, 0.25) is 0 Å². The number of nitrogens with zero attached hydrogens (tertiary/aromatic N) is 4. The minimum Gasteiger partial charge on any atom is -0.465 e. The lowest BCUT2D eigenvalue weighted by molar-refractivity contribution is -0.210. The number of nitrogens with two attached hydrogens (primary N) is 1. The largest absolute Gasteiger partial charge is 0.465 e. The van der Waals surface area contributed by atoms with E-state index in [0.717, 1.165) is 10.9 Å². The van der Waals surface area contributed by atoms with Gasteiger partial charge in [0.2, 0.25) is 5.95 Å². The van der Waals surface area contributed by atoms with Gasteiger partial charge in [-0.2, -0.15) is 28.2 Å². The predicted octanol–water partition coefficient (Wildman–Crippen LogP) is 2.63. The van der Waals surface area contributed by atoms with Gasteiger partial charge in [0.25, 0.3) is 0 Å². The molecule has 1 fully saturated rings. The summed E-state index contributed by atoms with van der Waals surface area (Å²) < 4.78 is 78.8. The number of para-hydroxylation sites is 1. The van der Waals surface area contributed by atoms with Crippen LogP contribution in [0.5, 0.6) is 5.75 Å². The van der Waals surface area contributed by atoms with Gasteiger partial charge in [-0.15, -0.1) is 0 Å². The van der Waals surface area contributed by atoms with E-state index in [4.69, 9.17) is 24.3 Å². The van der Waals surface area contributed by atoms with Crippen molar-refractivity contribution in [3.63, 3.8) is 0 Å². The van der Waals surface area contributed by atoms with Crippen LogP contribution in [0.15, 0.2) is 36.7 Å². The SMILES string of the molecule is CCOC(=O)[C@H](C)NP(=O)(OC[C@H]1O[C@@H](n2cnc3c(NC)nc(N)nc32)[C@@H](C(F)(F)F)[C@@H]1O)Oc1ccccc1. The summed E-state index contributed by atoms with van der Waals surface area (Å²) in [6.07, 6.45) is -9.53. The van der Waals surface area contributed by atoms with E-state index < -0.39 is 56.9 Å². The fourth-order valence-corrected chi connectivity index (χ4v) is 5.71. The van der Waals surface area contributed by atoms with Gasteiger partial charge < -0.3 is 30.2 Å². The first kappa shape index (κ1) is 30.5. The molecule has 5 N–H and O–H groups in total. The van der Waals surface area contributed by atoms with E-state index in [1.165, 1.54) is 26.1 Å². The molecule has 0 saturated carbocycles. The Balaban J connectivity index is 1.61. The van der Waals surface area contributed by atoms with E-state index >= 15 is 0 Å². The van der Waals surface area contributed by atoms with Crippen LogP contribution in [0.4, 0.5) is 24.9 Å². The molecule has 0 bridgehead atoms. The summed E-state index contributed by atoms with van der Waals surface area (Å²) in [7, 11) is -2.92. The second-order valence-electron chi connectivity index (χ2n) is 8.93. The van der Waals surface area contributed by atoms with Crippen molar-refractivity contribution in [1.29, 1.82) is 0 Å². The number of benzene rings is 1.